The van der Waals surface area contributed by atoms with Gasteiger partial charge in [-0.05, 0) is 68.3 Å². The number of amidine groups is 1. The predicted molar refractivity (Wildman–Crippen MR) is 204 cm³/mol. The predicted octanol–water partition coefficient (Wildman–Crippen LogP) is 7.62. The first-order valence-corrected chi connectivity index (χ1v) is 18.4. The number of rotatable bonds is 9. The van der Waals surface area contributed by atoms with Crippen molar-refractivity contribution >= 4 is 41.0 Å². The normalized spacial score (nSPS) is 20.9. The average Bonchev–Trinajstić information content (AvgIpc) is 3.73. The van der Waals surface area contributed by atoms with Crippen LogP contribution in [-0.4, -0.2) is 76.8 Å². The van der Waals surface area contributed by atoms with Crippen LogP contribution in [-0.2, 0) is 27.8 Å². The quantitative estimate of drug-likeness (QED) is 0.189. The van der Waals surface area contributed by atoms with Crippen molar-refractivity contribution in [1.82, 2.24) is 25.0 Å². The van der Waals surface area contributed by atoms with E-state index >= 15 is 4.79 Å². The first kappa shape index (κ1) is 37.4. The third-order valence-corrected chi connectivity index (χ3v) is 10.7. The molecule has 0 saturated carbocycles. The third kappa shape index (κ3) is 7.29. The molecule has 6 rings (SSSR count). The lowest BCUT2D eigenvalue weighted by molar-refractivity contribution is -0.122. The Hall–Kier alpha value is -4.38. The molecule has 0 bridgehead atoms. The second kappa shape index (κ2) is 14.9. The molecule has 4 aromatic rings. The molecule has 4 heterocycles. The fraction of sp³-hybridized carbons (Fsp3) is 0.400. The molecular formula is C40H46Cl2N6O4. The molecule has 3 amide bonds. The van der Waals surface area contributed by atoms with Gasteiger partial charge in [0.2, 0.25) is 5.91 Å². The van der Waals surface area contributed by atoms with Crippen LogP contribution in [0.15, 0.2) is 88.6 Å². The van der Waals surface area contributed by atoms with Crippen molar-refractivity contribution < 1.29 is 18.7 Å². The Morgan fingerprint density at radius 1 is 0.942 bits per heavy atom. The average molecular weight is 746 g/mol. The van der Waals surface area contributed by atoms with Crippen LogP contribution in [0.5, 0.6) is 5.75 Å². The summed E-state index contributed by atoms with van der Waals surface area (Å²) >= 11 is 12.8. The van der Waals surface area contributed by atoms with Crippen LogP contribution in [0, 0.1) is 0 Å². The Morgan fingerprint density at radius 3 is 2.15 bits per heavy atom. The van der Waals surface area contributed by atoms with Gasteiger partial charge in [0.25, 0.3) is 0 Å². The highest BCUT2D eigenvalue weighted by Gasteiger charge is 2.60. The Labute approximate surface area is 315 Å². The number of aromatic nitrogens is 1. The topological polar surface area (TPSA) is 104 Å². The number of nitrogens with zero attached hydrogens (tertiary/aromatic N) is 5. The van der Waals surface area contributed by atoms with E-state index in [0.29, 0.717) is 72.3 Å². The van der Waals surface area contributed by atoms with Gasteiger partial charge in [-0.1, -0.05) is 68.2 Å². The summed E-state index contributed by atoms with van der Waals surface area (Å²) in [6.07, 6.45) is 3.36. The van der Waals surface area contributed by atoms with Gasteiger partial charge in [0.05, 0.1) is 31.5 Å². The van der Waals surface area contributed by atoms with Crippen LogP contribution in [0.25, 0.3) is 0 Å². The Morgan fingerprint density at radius 2 is 1.58 bits per heavy atom. The lowest BCUT2D eigenvalue weighted by Crippen LogP contribution is -2.61. The molecule has 0 spiro atoms. The molecule has 0 aliphatic carbocycles. The number of benzene rings is 2. The SMILES string of the molecule is CCOc1cc(C(C)(C)C)ncc1C1=N[C@@](C)(c2ccc(Cl)cc2)[C@@](C)(c2ccc(Cl)cc2)N1C(=O)N1CCN(CC(=O)NCc2ccco2)CC1. The summed E-state index contributed by atoms with van der Waals surface area (Å²) in [6, 6.07) is 20.6. The number of piperazine rings is 1. The summed E-state index contributed by atoms with van der Waals surface area (Å²) in [6.45, 7) is 15.2. The standard InChI is InChI=1S/C40H46Cl2N6O4/c1-7-51-33-23-34(38(2,3)4)43-25-32(33)36-45-39(5,27-10-14-29(41)15-11-27)40(6,28-12-16-30(42)17-13-28)48(36)37(50)47-20-18-46(19-21-47)26-35(49)44-24-31-9-8-22-52-31/h8-17,22-23,25H,7,18-21,24,26H2,1-6H3,(H,44,49)/t39-,40+/m0/s1. The lowest BCUT2D eigenvalue weighted by atomic mass is 9.71. The second-order valence-electron chi connectivity index (χ2n) is 14.6. The molecule has 2 aliphatic heterocycles. The first-order valence-electron chi connectivity index (χ1n) is 17.6. The van der Waals surface area contributed by atoms with Gasteiger partial charge in [-0.3, -0.25) is 24.6 Å². The van der Waals surface area contributed by atoms with Crippen molar-refractivity contribution in [3.63, 3.8) is 0 Å². The Bertz CT molecular complexity index is 1920. The molecule has 12 heteroatoms. The van der Waals surface area contributed by atoms with Gasteiger partial charge in [0.1, 0.15) is 28.4 Å². The molecule has 10 nitrogen and oxygen atoms in total. The van der Waals surface area contributed by atoms with E-state index < -0.39 is 11.1 Å². The number of nitrogens with one attached hydrogen (secondary N) is 1. The maximum atomic E-state index is 15.2. The van der Waals surface area contributed by atoms with Crippen molar-refractivity contribution in [3.05, 3.63) is 117 Å². The van der Waals surface area contributed by atoms with Crippen LogP contribution >= 0.6 is 23.2 Å². The second-order valence-corrected chi connectivity index (χ2v) is 15.5. The number of carbonyl (C=O) groups excluding carboxylic acids is 2. The van der Waals surface area contributed by atoms with Crippen LogP contribution in [0.4, 0.5) is 4.79 Å². The zero-order valence-corrected chi connectivity index (χ0v) is 32.1. The number of halogens is 2. The Kier molecular flexibility index (Phi) is 10.7. The number of aliphatic imine (C=N–C) groups is 1. The maximum Gasteiger partial charge on any atom is 0.326 e. The zero-order chi connectivity index (χ0) is 37.3. The number of pyridine rings is 1. The summed E-state index contributed by atoms with van der Waals surface area (Å²) in [5.41, 5.74) is 0.941. The molecule has 1 fully saturated rings. The monoisotopic (exact) mass is 744 g/mol. The van der Waals surface area contributed by atoms with E-state index in [1.165, 1.54) is 0 Å². The summed E-state index contributed by atoms with van der Waals surface area (Å²) in [5.74, 6) is 1.64. The van der Waals surface area contributed by atoms with Crippen molar-refractivity contribution in [3.8, 4) is 5.75 Å². The minimum Gasteiger partial charge on any atom is -0.493 e. The summed E-state index contributed by atoms with van der Waals surface area (Å²) in [4.78, 5) is 44.1. The molecule has 2 aromatic heterocycles. The van der Waals surface area contributed by atoms with Crippen LogP contribution in [0.3, 0.4) is 0 Å². The zero-order valence-electron chi connectivity index (χ0n) is 30.6. The first-order chi connectivity index (χ1) is 24.7. The number of hydrogen-bond acceptors (Lipinski definition) is 7. The van der Waals surface area contributed by atoms with Crippen molar-refractivity contribution in [1.29, 1.82) is 0 Å². The molecule has 2 aliphatic rings. The van der Waals surface area contributed by atoms with Crippen molar-refractivity contribution in [2.24, 2.45) is 4.99 Å². The highest BCUT2D eigenvalue weighted by molar-refractivity contribution is 6.30. The van der Waals surface area contributed by atoms with Gasteiger partial charge >= 0.3 is 6.03 Å². The molecule has 1 saturated heterocycles. The maximum absolute atomic E-state index is 15.2. The summed E-state index contributed by atoms with van der Waals surface area (Å²) in [7, 11) is 0. The highest BCUT2D eigenvalue weighted by atomic mass is 35.5. The van der Waals surface area contributed by atoms with Crippen molar-refractivity contribution in [2.75, 3.05) is 39.3 Å². The van der Waals surface area contributed by atoms with E-state index in [-0.39, 0.29) is 23.9 Å². The molecule has 2 aromatic carbocycles. The molecule has 0 radical (unpaired) electrons. The fourth-order valence-electron chi connectivity index (χ4n) is 6.95. The summed E-state index contributed by atoms with van der Waals surface area (Å²) in [5, 5.41) is 4.10. The highest BCUT2D eigenvalue weighted by Crippen LogP contribution is 2.54. The number of ether oxygens (including phenoxy) is 1. The number of amides is 3. The van der Waals surface area contributed by atoms with Crippen LogP contribution in [0.1, 0.15) is 69.7 Å². The van der Waals surface area contributed by atoms with Crippen LogP contribution in [0.2, 0.25) is 10.0 Å². The van der Waals surface area contributed by atoms with E-state index in [4.69, 9.17) is 42.3 Å². The molecule has 274 valence electrons. The smallest absolute Gasteiger partial charge is 0.326 e. The molecule has 1 N–H and O–H groups in total. The molecule has 2 atom stereocenters. The van der Waals surface area contributed by atoms with E-state index in [1.807, 2.05) is 77.4 Å². The van der Waals surface area contributed by atoms with Gasteiger partial charge in [0.15, 0.2) is 0 Å². The number of hydrogen-bond donors (Lipinski definition) is 1. The molecule has 52 heavy (non-hydrogen) atoms. The van der Waals surface area contributed by atoms with Gasteiger partial charge in [-0.25, -0.2) is 4.79 Å². The van der Waals surface area contributed by atoms with E-state index in [0.717, 1.165) is 16.8 Å². The number of carbonyl (C=O) groups is 2. The Balaban J connectivity index is 1.40. The minimum absolute atomic E-state index is 0.103. The van der Waals surface area contributed by atoms with Crippen molar-refractivity contribution in [2.45, 2.75) is 64.6 Å². The van der Waals surface area contributed by atoms with Gasteiger partial charge < -0.3 is 19.4 Å². The lowest BCUT2D eigenvalue weighted by Gasteiger charge is -2.47. The third-order valence-electron chi connectivity index (χ3n) is 10.2. The molecular weight excluding hydrogens is 699 g/mol. The number of furan rings is 1. The van der Waals surface area contributed by atoms with E-state index in [9.17, 15) is 4.79 Å². The van der Waals surface area contributed by atoms with Gasteiger partial charge in [-0.15, -0.1) is 0 Å². The van der Waals surface area contributed by atoms with E-state index in [2.05, 4.69) is 44.8 Å². The van der Waals surface area contributed by atoms with Gasteiger partial charge in [0, 0.05) is 59.6 Å². The fourth-order valence-corrected chi connectivity index (χ4v) is 7.21. The van der Waals surface area contributed by atoms with Crippen LogP contribution < -0.4 is 10.1 Å². The molecule has 0 unspecified atom stereocenters. The minimum atomic E-state index is -1.05. The summed E-state index contributed by atoms with van der Waals surface area (Å²) < 4.78 is 11.6. The van der Waals surface area contributed by atoms with Gasteiger partial charge in [-0.2, -0.15) is 0 Å². The van der Waals surface area contributed by atoms with E-state index in [1.54, 1.807) is 18.5 Å². The largest absolute Gasteiger partial charge is 0.493 e. The number of urea groups is 1.